The zero-order chi connectivity index (χ0) is 16.4. The van der Waals surface area contributed by atoms with Gasteiger partial charge in [-0.15, -0.1) is 0 Å². The van der Waals surface area contributed by atoms with Gasteiger partial charge in [0.05, 0.1) is 19.9 Å². The van der Waals surface area contributed by atoms with Crippen molar-refractivity contribution < 1.29 is 9.47 Å². The average molecular weight is 315 g/mol. The smallest absolute Gasteiger partial charge is 0.254 e. The second-order valence-corrected chi connectivity index (χ2v) is 5.76. The normalized spacial score (nSPS) is 14.4. The molecule has 1 aromatic carbocycles. The molecule has 0 saturated heterocycles. The van der Waals surface area contributed by atoms with Crippen LogP contribution >= 0.6 is 0 Å². The molecule has 1 N–H and O–H groups in total. The van der Waals surface area contributed by atoms with Gasteiger partial charge in [0.2, 0.25) is 0 Å². The summed E-state index contributed by atoms with van der Waals surface area (Å²) in [7, 11) is 3.29. The number of ether oxygens (including phenoxy) is 2. The monoisotopic (exact) mass is 315 g/mol. The van der Waals surface area contributed by atoms with Crippen molar-refractivity contribution in [3.8, 4) is 11.5 Å². The number of fused-ring (bicyclic) bond motifs is 1. The minimum absolute atomic E-state index is 0.00444. The second-order valence-electron chi connectivity index (χ2n) is 5.76. The SMILES string of the molecule is COc1cc(CN2CCc3c(nc(C)[nH]c3=O)C2)cc(OC)c1. The Morgan fingerprint density at radius 1 is 1.22 bits per heavy atom. The van der Waals surface area contributed by atoms with Gasteiger partial charge in [0.1, 0.15) is 17.3 Å². The molecule has 1 aliphatic rings. The van der Waals surface area contributed by atoms with Crippen LogP contribution in [0.1, 0.15) is 22.6 Å². The summed E-state index contributed by atoms with van der Waals surface area (Å²) in [5.41, 5.74) is 2.81. The lowest BCUT2D eigenvalue weighted by molar-refractivity contribution is 0.239. The maximum atomic E-state index is 12.0. The summed E-state index contributed by atoms with van der Waals surface area (Å²) in [5, 5.41) is 0. The zero-order valence-electron chi connectivity index (χ0n) is 13.7. The molecule has 0 amide bonds. The fourth-order valence-electron chi connectivity index (χ4n) is 2.97. The summed E-state index contributed by atoms with van der Waals surface area (Å²) in [5.74, 6) is 2.22. The van der Waals surface area contributed by atoms with E-state index in [-0.39, 0.29) is 5.56 Å². The van der Waals surface area contributed by atoms with Gasteiger partial charge in [-0.25, -0.2) is 4.98 Å². The van der Waals surface area contributed by atoms with Crippen LogP contribution in [-0.4, -0.2) is 35.6 Å². The molecule has 6 nitrogen and oxygen atoms in total. The number of aryl methyl sites for hydroxylation is 1. The molecule has 1 aliphatic heterocycles. The molecular weight excluding hydrogens is 294 g/mol. The van der Waals surface area contributed by atoms with Crippen LogP contribution in [-0.2, 0) is 19.5 Å². The standard InChI is InChI=1S/C17H21N3O3/c1-11-18-16-10-20(5-4-15(16)17(21)19-11)9-12-6-13(22-2)8-14(7-12)23-3/h6-8H,4-5,9-10H2,1-3H3,(H,18,19,21). The van der Waals surface area contributed by atoms with Crippen molar-refractivity contribution in [1.29, 1.82) is 0 Å². The average Bonchev–Trinajstić information content (AvgIpc) is 2.53. The molecule has 0 spiro atoms. The number of H-pyrrole nitrogens is 1. The minimum Gasteiger partial charge on any atom is -0.497 e. The topological polar surface area (TPSA) is 67.5 Å². The van der Waals surface area contributed by atoms with Crippen LogP contribution in [0.5, 0.6) is 11.5 Å². The molecule has 0 fully saturated rings. The Kier molecular flexibility index (Phi) is 4.34. The van der Waals surface area contributed by atoms with E-state index in [1.165, 1.54) is 0 Å². The van der Waals surface area contributed by atoms with Crippen LogP contribution in [0.15, 0.2) is 23.0 Å². The molecule has 23 heavy (non-hydrogen) atoms. The van der Waals surface area contributed by atoms with Crippen molar-refractivity contribution >= 4 is 0 Å². The number of nitrogens with zero attached hydrogens (tertiary/aromatic N) is 2. The summed E-state index contributed by atoms with van der Waals surface area (Å²) in [6.07, 6.45) is 0.721. The van der Waals surface area contributed by atoms with Crippen molar-refractivity contribution in [2.24, 2.45) is 0 Å². The van der Waals surface area contributed by atoms with Gasteiger partial charge in [-0.1, -0.05) is 0 Å². The first kappa shape index (κ1) is 15.6. The lowest BCUT2D eigenvalue weighted by Gasteiger charge is -2.27. The van der Waals surface area contributed by atoms with Crippen LogP contribution in [0.25, 0.3) is 0 Å². The molecule has 3 rings (SSSR count). The quantitative estimate of drug-likeness (QED) is 0.929. The lowest BCUT2D eigenvalue weighted by atomic mass is 10.1. The summed E-state index contributed by atoms with van der Waals surface area (Å²) in [4.78, 5) is 21.5. The fourth-order valence-corrected chi connectivity index (χ4v) is 2.97. The molecule has 1 aromatic heterocycles. The van der Waals surface area contributed by atoms with Crippen LogP contribution in [0, 0.1) is 6.92 Å². The highest BCUT2D eigenvalue weighted by atomic mass is 16.5. The summed E-state index contributed by atoms with van der Waals surface area (Å²) < 4.78 is 10.6. The van der Waals surface area contributed by atoms with E-state index in [0.717, 1.165) is 47.8 Å². The number of aromatic amines is 1. The summed E-state index contributed by atoms with van der Waals surface area (Å²) >= 11 is 0. The Morgan fingerprint density at radius 2 is 1.91 bits per heavy atom. The molecule has 0 radical (unpaired) electrons. The van der Waals surface area contributed by atoms with E-state index >= 15 is 0 Å². The number of benzene rings is 1. The highest BCUT2D eigenvalue weighted by Gasteiger charge is 2.20. The Labute approximate surface area is 135 Å². The number of nitrogens with one attached hydrogen (secondary N) is 1. The number of methoxy groups -OCH3 is 2. The minimum atomic E-state index is -0.00444. The number of aromatic nitrogens is 2. The summed E-state index contributed by atoms with van der Waals surface area (Å²) in [6.45, 7) is 4.09. The Morgan fingerprint density at radius 3 is 2.57 bits per heavy atom. The maximum absolute atomic E-state index is 12.0. The molecule has 0 bridgehead atoms. The van der Waals surface area contributed by atoms with E-state index in [0.29, 0.717) is 12.4 Å². The highest BCUT2D eigenvalue weighted by Crippen LogP contribution is 2.24. The van der Waals surface area contributed by atoms with Crippen LogP contribution in [0.2, 0.25) is 0 Å². The maximum Gasteiger partial charge on any atom is 0.254 e. The van der Waals surface area contributed by atoms with E-state index in [4.69, 9.17) is 9.47 Å². The Bertz CT molecular complexity index is 748. The molecular formula is C17H21N3O3. The van der Waals surface area contributed by atoms with E-state index in [2.05, 4.69) is 14.9 Å². The van der Waals surface area contributed by atoms with E-state index < -0.39 is 0 Å². The van der Waals surface area contributed by atoms with Gasteiger partial charge in [-0.2, -0.15) is 0 Å². The zero-order valence-corrected chi connectivity index (χ0v) is 13.7. The third-order valence-electron chi connectivity index (χ3n) is 4.09. The van der Waals surface area contributed by atoms with Crippen molar-refractivity contribution in [2.45, 2.75) is 26.4 Å². The van der Waals surface area contributed by atoms with Gasteiger partial charge in [0.15, 0.2) is 0 Å². The molecule has 2 aromatic rings. The first-order valence-corrected chi connectivity index (χ1v) is 7.62. The Balaban J connectivity index is 1.81. The molecule has 6 heteroatoms. The summed E-state index contributed by atoms with van der Waals surface area (Å²) in [6, 6.07) is 5.88. The number of hydrogen-bond acceptors (Lipinski definition) is 5. The van der Waals surface area contributed by atoms with Gasteiger partial charge >= 0.3 is 0 Å². The van der Waals surface area contributed by atoms with Crippen molar-refractivity contribution in [3.63, 3.8) is 0 Å². The molecule has 0 atom stereocenters. The first-order valence-electron chi connectivity index (χ1n) is 7.62. The predicted octanol–water partition coefficient (Wildman–Crippen LogP) is 1.65. The van der Waals surface area contributed by atoms with E-state index in [9.17, 15) is 4.79 Å². The molecule has 122 valence electrons. The molecule has 2 heterocycles. The number of hydrogen-bond donors (Lipinski definition) is 1. The van der Waals surface area contributed by atoms with Crippen LogP contribution < -0.4 is 15.0 Å². The van der Waals surface area contributed by atoms with Gasteiger partial charge in [0, 0.05) is 31.3 Å². The van der Waals surface area contributed by atoms with E-state index in [1.807, 2.05) is 25.1 Å². The van der Waals surface area contributed by atoms with Crippen LogP contribution in [0.3, 0.4) is 0 Å². The second kappa shape index (κ2) is 6.42. The van der Waals surface area contributed by atoms with Gasteiger partial charge in [0.25, 0.3) is 5.56 Å². The van der Waals surface area contributed by atoms with Gasteiger partial charge in [-0.05, 0) is 31.0 Å². The lowest BCUT2D eigenvalue weighted by Crippen LogP contribution is -2.35. The largest absolute Gasteiger partial charge is 0.497 e. The number of rotatable bonds is 4. The van der Waals surface area contributed by atoms with Gasteiger partial charge < -0.3 is 14.5 Å². The van der Waals surface area contributed by atoms with Crippen molar-refractivity contribution in [1.82, 2.24) is 14.9 Å². The van der Waals surface area contributed by atoms with E-state index in [1.54, 1.807) is 14.2 Å². The first-order chi connectivity index (χ1) is 11.1. The molecule has 0 saturated carbocycles. The predicted molar refractivity (Wildman–Crippen MR) is 87.0 cm³/mol. The Hall–Kier alpha value is -2.34. The fraction of sp³-hybridized carbons (Fsp3) is 0.412. The molecule has 0 aliphatic carbocycles. The van der Waals surface area contributed by atoms with Crippen LogP contribution in [0.4, 0.5) is 0 Å². The third-order valence-corrected chi connectivity index (χ3v) is 4.09. The molecule has 0 unspecified atom stereocenters. The van der Waals surface area contributed by atoms with Crippen molar-refractivity contribution in [3.05, 3.63) is 51.2 Å². The third kappa shape index (κ3) is 3.37. The van der Waals surface area contributed by atoms with Gasteiger partial charge in [-0.3, -0.25) is 9.69 Å². The highest BCUT2D eigenvalue weighted by molar-refractivity contribution is 5.38. The van der Waals surface area contributed by atoms with Crippen molar-refractivity contribution in [2.75, 3.05) is 20.8 Å².